The van der Waals surface area contributed by atoms with Crippen LogP contribution in [0.5, 0.6) is 0 Å². The summed E-state index contributed by atoms with van der Waals surface area (Å²) in [5.74, 6) is -0.840. The lowest BCUT2D eigenvalue weighted by molar-refractivity contribution is -0.119. The average Bonchev–Trinajstić information content (AvgIpc) is 2.41. The van der Waals surface area contributed by atoms with Gasteiger partial charge >= 0.3 is 0 Å². The van der Waals surface area contributed by atoms with E-state index in [0.29, 0.717) is 11.1 Å². The molecule has 0 saturated heterocycles. The molecule has 1 unspecified atom stereocenters. The number of Topliss-reactive ketones (excluding diaryl/α,β-unsaturated/α-hetero) is 2. The summed E-state index contributed by atoms with van der Waals surface area (Å²) in [7, 11) is 0. The number of rotatable bonds is 3. The predicted octanol–water partition coefficient (Wildman–Crippen LogP) is 3.60. The minimum absolute atomic E-state index is 0.0619. The van der Waals surface area contributed by atoms with Crippen LogP contribution in [0, 0.1) is 11.8 Å². The third-order valence-corrected chi connectivity index (χ3v) is 3.73. The van der Waals surface area contributed by atoms with Gasteiger partial charge in [0, 0.05) is 11.5 Å². The van der Waals surface area contributed by atoms with Gasteiger partial charge in [0.05, 0.1) is 5.92 Å². The zero-order valence-corrected chi connectivity index (χ0v) is 11.3. The van der Waals surface area contributed by atoms with Crippen LogP contribution in [-0.2, 0) is 4.79 Å². The fraction of sp³-hybridized carbons (Fsp3) is 0.294. The molecule has 98 valence electrons. The van der Waals surface area contributed by atoms with Gasteiger partial charge in [0.25, 0.3) is 0 Å². The lowest BCUT2D eigenvalue weighted by atomic mass is 9.72. The molecule has 19 heavy (non-hydrogen) atoms. The van der Waals surface area contributed by atoms with Crippen LogP contribution in [0.25, 0.3) is 0 Å². The first kappa shape index (κ1) is 13.5. The van der Waals surface area contributed by atoms with Crippen molar-refractivity contribution in [2.24, 2.45) is 11.8 Å². The Balaban J connectivity index is 2.39. The highest BCUT2D eigenvalue weighted by atomic mass is 16.2. The smallest absolute Gasteiger partial charge is 0.174 e. The molecule has 0 saturated carbocycles. The molecule has 0 aromatic heterocycles. The van der Waals surface area contributed by atoms with Gasteiger partial charge in [-0.15, -0.1) is 0 Å². The van der Waals surface area contributed by atoms with Gasteiger partial charge in [0.2, 0.25) is 0 Å². The summed E-state index contributed by atoms with van der Waals surface area (Å²) in [6, 6.07) is 9.02. The molecule has 2 heteroatoms. The van der Waals surface area contributed by atoms with Gasteiger partial charge in [-0.3, -0.25) is 9.59 Å². The van der Waals surface area contributed by atoms with Crippen molar-refractivity contribution in [3.63, 3.8) is 0 Å². The Bertz CT molecular complexity index is 552. The van der Waals surface area contributed by atoms with Gasteiger partial charge in [-0.2, -0.15) is 0 Å². The highest BCUT2D eigenvalue weighted by Crippen LogP contribution is 2.33. The first-order valence-corrected chi connectivity index (χ1v) is 6.48. The van der Waals surface area contributed by atoms with Crippen molar-refractivity contribution in [3.8, 4) is 0 Å². The van der Waals surface area contributed by atoms with Crippen molar-refractivity contribution in [1.29, 1.82) is 0 Å². The number of benzene rings is 1. The van der Waals surface area contributed by atoms with E-state index in [1.807, 2.05) is 31.2 Å². The Labute approximate surface area is 113 Å². The van der Waals surface area contributed by atoms with Crippen LogP contribution >= 0.6 is 0 Å². The molecular formula is C17H18O2. The molecule has 0 aliphatic heterocycles. The monoisotopic (exact) mass is 254 g/mol. The van der Waals surface area contributed by atoms with Crippen LogP contribution in [0.2, 0.25) is 0 Å². The van der Waals surface area contributed by atoms with Crippen molar-refractivity contribution in [2.45, 2.75) is 20.3 Å². The molecule has 0 N–H and O–H groups in total. The van der Waals surface area contributed by atoms with E-state index in [9.17, 15) is 9.59 Å². The van der Waals surface area contributed by atoms with Crippen molar-refractivity contribution in [2.75, 3.05) is 0 Å². The highest BCUT2D eigenvalue weighted by Gasteiger charge is 2.37. The van der Waals surface area contributed by atoms with E-state index in [4.69, 9.17) is 0 Å². The normalized spacial score (nSPS) is 22.8. The van der Waals surface area contributed by atoms with Crippen LogP contribution in [0.1, 0.15) is 30.6 Å². The molecule has 2 atom stereocenters. The van der Waals surface area contributed by atoms with Gasteiger partial charge in [-0.25, -0.2) is 0 Å². The van der Waals surface area contributed by atoms with E-state index < -0.39 is 5.92 Å². The third kappa shape index (κ3) is 2.58. The maximum Gasteiger partial charge on any atom is 0.174 e. The summed E-state index contributed by atoms with van der Waals surface area (Å²) in [6.07, 6.45) is 2.63. The molecule has 0 heterocycles. The standard InChI is InChI=1S/C17H18O2/c1-11(2)14-10-9-12(3)16(18)15(14)17(19)13-7-5-4-6-8-13/h4-9,14-15H,1,10H2,2-3H3/t14-,15?/m1/s1. The molecule has 1 aliphatic rings. The molecule has 1 aromatic rings. The number of carbonyl (C=O) groups excluding carboxylic acids is 2. The minimum atomic E-state index is -0.607. The Morgan fingerprint density at radius 2 is 1.89 bits per heavy atom. The van der Waals surface area contributed by atoms with Crippen LogP contribution in [0.4, 0.5) is 0 Å². The first-order chi connectivity index (χ1) is 9.02. The van der Waals surface area contributed by atoms with Crippen LogP contribution in [0.3, 0.4) is 0 Å². The molecule has 0 bridgehead atoms. The highest BCUT2D eigenvalue weighted by molar-refractivity contribution is 6.16. The maximum absolute atomic E-state index is 12.6. The van der Waals surface area contributed by atoms with Crippen LogP contribution in [0.15, 0.2) is 54.1 Å². The van der Waals surface area contributed by atoms with Gasteiger partial charge in [0.15, 0.2) is 11.6 Å². The molecule has 0 spiro atoms. The van der Waals surface area contributed by atoms with E-state index in [1.165, 1.54) is 0 Å². The van der Waals surface area contributed by atoms with Gasteiger partial charge in [0.1, 0.15) is 0 Å². The van der Waals surface area contributed by atoms with Crippen LogP contribution < -0.4 is 0 Å². The molecule has 1 aliphatic carbocycles. The van der Waals surface area contributed by atoms with Crippen LogP contribution in [-0.4, -0.2) is 11.6 Å². The summed E-state index contributed by atoms with van der Waals surface area (Å²) in [5, 5.41) is 0. The predicted molar refractivity (Wildman–Crippen MR) is 75.9 cm³/mol. The molecular weight excluding hydrogens is 236 g/mol. The Morgan fingerprint density at radius 3 is 2.47 bits per heavy atom. The zero-order chi connectivity index (χ0) is 14.0. The SMILES string of the molecule is C=C(C)[C@H]1CC=C(C)C(=O)C1C(=O)c1ccccc1. The Hall–Kier alpha value is -1.96. The van der Waals surface area contributed by atoms with Gasteiger partial charge in [-0.05, 0) is 25.8 Å². The number of allylic oxidation sites excluding steroid dienone is 3. The second kappa shape index (κ2) is 5.35. The van der Waals surface area contributed by atoms with E-state index in [0.717, 1.165) is 12.0 Å². The van der Waals surface area contributed by atoms with Gasteiger partial charge < -0.3 is 0 Å². The number of ketones is 2. The van der Waals surface area contributed by atoms with Gasteiger partial charge in [-0.1, -0.05) is 48.6 Å². The van der Waals surface area contributed by atoms with E-state index in [-0.39, 0.29) is 17.5 Å². The molecule has 0 fully saturated rings. The number of hydrogen-bond acceptors (Lipinski definition) is 2. The summed E-state index contributed by atoms with van der Waals surface area (Å²) in [4.78, 5) is 24.9. The minimum Gasteiger partial charge on any atom is -0.294 e. The average molecular weight is 254 g/mol. The summed E-state index contributed by atoms with van der Waals surface area (Å²) >= 11 is 0. The molecule has 0 amide bonds. The van der Waals surface area contributed by atoms with E-state index >= 15 is 0 Å². The molecule has 2 rings (SSSR count). The second-order valence-electron chi connectivity index (χ2n) is 5.15. The lowest BCUT2D eigenvalue weighted by Gasteiger charge is -2.28. The first-order valence-electron chi connectivity index (χ1n) is 6.48. The second-order valence-corrected chi connectivity index (χ2v) is 5.15. The molecule has 0 radical (unpaired) electrons. The maximum atomic E-state index is 12.6. The van der Waals surface area contributed by atoms with E-state index in [1.54, 1.807) is 19.1 Å². The Morgan fingerprint density at radius 1 is 1.26 bits per heavy atom. The fourth-order valence-electron chi connectivity index (χ4n) is 2.54. The van der Waals surface area contributed by atoms with Crippen molar-refractivity contribution in [3.05, 3.63) is 59.7 Å². The quantitative estimate of drug-likeness (QED) is 0.469. The molecule has 2 nitrogen and oxygen atoms in total. The summed E-state index contributed by atoms with van der Waals surface area (Å²) in [6.45, 7) is 7.60. The number of carbonyl (C=O) groups is 2. The number of hydrogen-bond donors (Lipinski definition) is 0. The fourth-order valence-corrected chi connectivity index (χ4v) is 2.54. The summed E-state index contributed by atoms with van der Waals surface area (Å²) in [5.41, 5.74) is 2.18. The Kier molecular flexibility index (Phi) is 3.79. The van der Waals surface area contributed by atoms with Crippen molar-refractivity contribution < 1.29 is 9.59 Å². The van der Waals surface area contributed by atoms with E-state index in [2.05, 4.69) is 6.58 Å². The van der Waals surface area contributed by atoms with Crippen molar-refractivity contribution >= 4 is 11.6 Å². The molecule has 1 aromatic carbocycles. The summed E-state index contributed by atoms with van der Waals surface area (Å²) < 4.78 is 0. The van der Waals surface area contributed by atoms with Crippen molar-refractivity contribution in [1.82, 2.24) is 0 Å². The topological polar surface area (TPSA) is 34.1 Å². The largest absolute Gasteiger partial charge is 0.294 e. The third-order valence-electron chi connectivity index (χ3n) is 3.73. The zero-order valence-electron chi connectivity index (χ0n) is 11.3. The lowest BCUT2D eigenvalue weighted by Crippen LogP contribution is -2.35.